The normalized spacial score (nSPS) is 18.3. The van der Waals surface area contributed by atoms with Gasteiger partial charge in [0.1, 0.15) is 22.9 Å². The summed E-state index contributed by atoms with van der Waals surface area (Å²) in [6.07, 6.45) is 8.74. The highest BCUT2D eigenvalue weighted by Gasteiger charge is 2.26. The molecule has 3 aromatic rings. The Morgan fingerprint density at radius 2 is 1.47 bits per heavy atom. The number of rotatable bonds is 7. The van der Waals surface area contributed by atoms with Crippen LogP contribution in [-0.2, 0) is 0 Å². The lowest BCUT2D eigenvalue weighted by molar-refractivity contribution is 0.0724. The van der Waals surface area contributed by atoms with Crippen LogP contribution in [0, 0.1) is 29.2 Å². The van der Waals surface area contributed by atoms with Gasteiger partial charge in [0, 0.05) is 0 Å². The van der Waals surface area contributed by atoms with Gasteiger partial charge in [-0.1, -0.05) is 38.7 Å². The van der Waals surface area contributed by atoms with Crippen molar-refractivity contribution >= 4 is 16.7 Å². The van der Waals surface area contributed by atoms with Gasteiger partial charge in [-0.2, -0.15) is 0 Å². The summed E-state index contributed by atoms with van der Waals surface area (Å²) in [5, 5.41) is 0.700. The van der Waals surface area contributed by atoms with Crippen LogP contribution in [0.5, 0.6) is 5.75 Å². The predicted molar refractivity (Wildman–Crippen MR) is 124 cm³/mol. The maximum absolute atomic E-state index is 14.8. The molecule has 0 saturated heterocycles. The van der Waals surface area contributed by atoms with Gasteiger partial charge in [0.15, 0.2) is 11.6 Å². The van der Waals surface area contributed by atoms with Crippen LogP contribution in [0.1, 0.15) is 80.1 Å². The number of halogens is 4. The third kappa shape index (κ3) is 5.43. The van der Waals surface area contributed by atoms with Crippen molar-refractivity contribution in [2.24, 2.45) is 5.92 Å². The average Bonchev–Trinajstić information content (AvgIpc) is 2.80. The van der Waals surface area contributed by atoms with Crippen molar-refractivity contribution in [1.82, 2.24) is 0 Å². The minimum Gasteiger partial charge on any atom is -0.423 e. The Kier molecular flexibility index (Phi) is 7.54. The second kappa shape index (κ2) is 10.6. The summed E-state index contributed by atoms with van der Waals surface area (Å²) in [6, 6.07) is 8.58. The topological polar surface area (TPSA) is 26.3 Å². The van der Waals surface area contributed by atoms with Crippen LogP contribution in [0.15, 0.2) is 42.5 Å². The molecule has 0 spiro atoms. The third-order valence-corrected chi connectivity index (χ3v) is 6.86. The second-order valence-electron chi connectivity index (χ2n) is 9.24. The van der Waals surface area contributed by atoms with Gasteiger partial charge in [-0.15, -0.1) is 0 Å². The van der Waals surface area contributed by atoms with Gasteiger partial charge in [-0.3, -0.25) is 0 Å². The van der Waals surface area contributed by atoms with E-state index >= 15 is 0 Å². The molecule has 0 amide bonds. The summed E-state index contributed by atoms with van der Waals surface area (Å²) >= 11 is 0. The SMILES string of the molecule is CCCCCC1CCC(c2cc(F)c(C(=O)Oc3ccc4cc(F)c(F)cc4c3)c(F)c2)CC1. The molecule has 0 unspecified atom stereocenters. The highest BCUT2D eigenvalue weighted by Crippen LogP contribution is 2.38. The zero-order valence-corrected chi connectivity index (χ0v) is 19.2. The number of fused-ring (bicyclic) bond motifs is 1. The summed E-state index contributed by atoms with van der Waals surface area (Å²) in [5.41, 5.74) is -0.191. The van der Waals surface area contributed by atoms with Crippen LogP contribution in [-0.4, -0.2) is 5.97 Å². The maximum atomic E-state index is 14.8. The number of hydrogen-bond donors (Lipinski definition) is 0. The molecule has 1 fully saturated rings. The fourth-order valence-corrected chi connectivity index (χ4v) is 4.93. The van der Waals surface area contributed by atoms with Gasteiger partial charge in [-0.25, -0.2) is 22.4 Å². The van der Waals surface area contributed by atoms with Crippen LogP contribution in [0.3, 0.4) is 0 Å². The Hall–Kier alpha value is -2.89. The van der Waals surface area contributed by atoms with Gasteiger partial charge in [0.2, 0.25) is 0 Å². The quantitative estimate of drug-likeness (QED) is 0.149. The first-order valence-corrected chi connectivity index (χ1v) is 12.0. The number of ether oxygens (including phenoxy) is 1. The van der Waals surface area contributed by atoms with Gasteiger partial charge in [0.25, 0.3) is 0 Å². The third-order valence-electron chi connectivity index (χ3n) is 6.86. The van der Waals surface area contributed by atoms with E-state index in [-0.39, 0.29) is 11.7 Å². The Morgan fingerprint density at radius 3 is 2.12 bits per heavy atom. The van der Waals surface area contributed by atoms with Crippen LogP contribution in [0.2, 0.25) is 0 Å². The van der Waals surface area contributed by atoms with Crippen molar-refractivity contribution in [3.05, 3.63) is 76.9 Å². The Balaban J connectivity index is 1.45. The van der Waals surface area contributed by atoms with Gasteiger partial charge < -0.3 is 4.74 Å². The van der Waals surface area contributed by atoms with Gasteiger partial charge in [-0.05, 0) is 90.3 Å². The smallest absolute Gasteiger partial charge is 0.349 e. The number of benzene rings is 3. The molecule has 2 nitrogen and oxygen atoms in total. The summed E-state index contributed by atoms with van der Waals surface area (Å²) in [6.45, 7) is 2.19. The van der Waals surface area contributed by atoms with Crippen LogP contribution >= 0.6 is 0 Å². The van der Waals surface area contributed by atoms with E-state index in [1.54, 1.807) is 0 Å². The highest BCUT2D eigenvalue weighted by atomic mass is 19.2. The van der Waals surface area contributed by atoms with E-state index < -0.39 is 34.8 Å². The first-order valence-electron chi connectivity index (χ1n) is 12.0. The van der Waals surface area contributed by atoms with E-state index in [0.29, 0.717) is 22.3 Å². The van der Waals surface area contributed by atoms with E-state index in [2.05, 4.69) is 6.92 Å². The lowest BCUT2D eigenvalue weighted by Gasteiger charge is -2.29. The second-order valence-corrected chi connectivity index (χ2v) is 9.24. The monoisotopic (exact) mass is 472 g/mol. The molecular weight excluding hydrogens is 444 g/mol. The zero-order valence-electron chi connectivity index (χ0n) is 19.2. The summed E-state index contributed by atoms with van der Waals surface area (Å²) < 4.78 is 61.7. The van der Waals surface area contributed by atoms with E-state index in [4.69, 9.17) is 4.74 Å². The molecule has 1 aliphatic rings. The molecule has 0 bridgehead atoms. The van der Waals surface area contributed by atoms with Crippen molar-refractivity contribution in [3.8, 4) is 5.75 Å². The number of esters is 1. The average molecular weight is 473 g/mol. The first-order chi connectivity index (χ1) is 16.4. The molecule has 0 atom stereocenters. The fourth-order valence-electron chi connectivity index (χ4n) is 4.93. The number of carbonyl (C=O) groups excluding carboxylic acids is 1. The van der Waals surface area contributed by atoms with E-state index in [1.807, 2.05) is 0 Å². The Bertz CT molecular complexity index is 1160. The number of unbranched alkanes of at least 4 members (excludes halogenated alkanes) is 2. The van der Waals surface area contributed by atoms with Crippen molar-refractivity contribution < 1.29 is 27.1 Å². The standard InChI is InChI=1S/C28H28F4O2/c1-2-3-4-5-17-6-8-18(9-7-17)21-15-25(31)27(26(32)16-21)28(33)34-22-11-10-19-13-23(29)24(30)14-20(19)12-22/h10-18H,2-9H2,1H3. The molecule has 1 saturated carbocycles. The van der Waals surface area contributed by atoms with Crippen LogP contribution in [0.4, 0.5) is 17.6 Å². The number of carbonyl (C=O) groups is 1. The Morgan fingerprint density at radius 1 is 0.824 bits per heavy atom. The molecular formula is C28H28F4O2. The fraction of sp³-hybridized carbons (Fsp3) is 0.393. The summed E-state index contributed by atoms with van der Waals surface area (Å²) in [4.78, 5) is 12.5. The summed E-state index contributed by atoms with van der Waals surface area (Å²) in [5.74, 6) is -4.40. The summed E-state index contributed by atoms with van der Waals surface area (Å²) in [7, 11) is 0. The van der Waals surface area contributed by atoms with E-state index in [9.17, 15) is 22.4 Å². The molecule has 0 aromatic heterocycles. The van der Waals surface area contributed by atoms with Crippen molar-refractivity contribution in [2.75, 3.05) is 0 Å². The van der Waals surface area contributed by atoms with Crippen molar-refractivity contribution in [2.45, 2.75) is 64.2 Å². The van der Waals surface area contributed by atoms with Gasteiger partial charge in [0.05, 0.1) is 0 Å². The molecule has 0 aliphatic heterocycles. The predicted octanol–water partition coefficient (Wildman–Crippen LogP) is 8.47. The molecule has 34 heavy (non-hydrogen) atoms. The minimum absolute atomic E-state index is 0.0206. The highest BCUT2D eigenvalue weighted by molar-refractivity contribution is 5.92. The van der Waals surface area contributed by atoms with Crippen molar-refractivity contribution in [3.63, 3.8) is 0 Å². The van der Waals surface area contributed by atoms with Crippen molar-refractivity contribution in [1.29, 1.82) is 0 Å². The lowest BCUT2D eigenvalue weighted by Crippen LogP contribution is -2.16. The van der Waals surface area contributed by atoms with Crippen LogP contribution in [0.25, 0.3) is 10.8 Å². The molecule has 4 rings (SSSR count). The van der Waals surface area contributed by atoms with Gasteiger partial charge >= 0.3 is 5.97 Å². The molecule has 180 valence electrons. The molecule has 0 heterocycles. The van der Waals surface area contributed by atoms with E-state index in [0.717, 1.165) is 37.8 Å². The zero-order chi connectivity index (χ0) is 24.2. The molecule has 1 aliphatic carbocycles. The maximum Gasteiger partial charge on any atom is 0.349 e. The molecule has 0 radical (unpaired) electrons. The molecule has 0 N–H and O–H groups in total. The number of hydrogen-bond acceptors (Lipinski definition) is 2. The first kappa shape index (κ1) is 24.2. The van der Waals surface area contributed by atoms with Crippen LogP contribution < -0.4 is 4.74 Å². The lowest BCUT2D eigenvalue weighted by atomic mass is 9.77. The largest absolute Gasteiger partial charge is 0.423 e. The molecule has 6 heteroatoms. The Labute approximate surface area is 196 Å². The minimum atomic E-state index is -1.18. The molecule has 3 aromatic carbocycles. The van der Waals surface area contributed by atoms with E-state index in [1.165, 1.54) is 56.0 Å².